The number of piperidine rings is 1. The smallest absolute Gasteiger partial charge is 0.400 e. The number of nitrogens with two attached hydrogens (primary N) is 1. The first kappa shape index (κ1) is 17.0. The number of alkyl halides is 3. The lowest BCUT2D eigenvalue weighted by Crippen LogP contribution is -2.45. The van der Waals surface area contributed by atoms with Crippen molar-refractivity contribution in [2.45, 2.75) is 19.0 Å². The summed E-state index contributed by atoms with van der Waals surface area (Å²) in [6, 6.07) is 0. The zero-order valence-corrected chi connectivity index (χ0v) is 11.9. The summed E-state index contributed by atoms with van der Waals surface area (Å²) in [5.74, 6) is -2.31. The number of amidine groups is 1. The van der Waals surface area contributed by atoms with Gasteiger partial charge >= 0.3 is 6.18 Å². The van der Waals surface area contributed by atoms with Gasteiger partial charge in [0.25, 0.3) is 0 Å². The minimum atomic E-state index is -4.50. The van der Waals surface area contributed by atoms with E-state index in [4.69, 9.17) is 10.9 Å². The predicted octanol–water partition coefficient (Wildman–Crippen LogP) is 1.18. The van der Waals surface area contributed by atoms with Gasteiger partial charge in [0.2, 0.25) is 0 Å². The van der Waals surface area contributed by atoms with Gasteiger partial charge < -0.3 is 20.7 Å². The predicted molar refractivity (Wildman–Crippen MR) is 70.7 cm³/mol. The van der Waals surface area contributed by atoms with Crippen LogP contribution in [0.3, 0.4) is 0 Å². The second-order valence-corrected chi connectivity index (χ2v) is 5.59. The van der Waals surface area contributed by atoms with Gasteiger partial charge in [-0.1, -0.05) is 5.16 Å². The van der Waals surface area contributed by atoms with Crippen LogP contribution in [0.15, 0.2) is 5.16 Å². The first-order valence-electron chi connectivity index (χ1n) is 6.65. The summed E-state index contributed by atoms with van der Waals surface area (Å²) in [6.07, 6.45) is -2.53. The van der Waals surface area contributed by atoms with Crippen molar-refractivity contribution < 1.29 is 18.4 Å². The van der Waals surface area contributed by atoms with Crippen LogP contribution in [0.4, 0.5) is 13.2 Å². The highest BCUT2D eigenvalue weighted by molar-refractivity contribution is 5.83. The molecule has 0 aliphatic carbocycles. The van der Waals surface area contributed by atoms with E-state index in [2.05, 4.69) is 10.1 Å². The van der Waals surface area contributed by atoms with Crippen LogP contribution < -0.4 is 5.73 Å². The molecule has 8 heteroatoms. The number of hydrogen-bond donors (Lipinski definition) is 2. The second-order valence-electron chi connectivity index (χ2n) is 5.59. The lowest BCUT2D eigenvalue weighted by molar-refractivity contribution is -0.159. The fraction of sp³-hybridized carbons (Fsp3) is 0.917. The molecule has 1 rings (SSSR count). The molecule has 0 radical (unpaired) electrons. The molecular weight excluding hydrogens is 273 g/mol. The van der Waals surface area contributed by atoms with Gasteiger partial charge in [-0.25, -0.2) is 0 Å². The SMILES string of the molecule is CN1CCC(CN(C)CC(C(N)=NO)C(F)(F)F)CC1. The summed E-state index contributed by atoms with van der Waals surface area (Å²) >= 11 is 0. The Hall–Kier alpha value is -1.02. The average Bonchev–Trinajstić information content (AvgIpc) is 2.36. The average molecular weight is 296 g/mol. The minimum Gasteiger partial charge on any atom is -0.409 e. The van der Waals surface area contributed by atoms with Crippen LogP contribution >= 0.6 is 0 Å². The van der Waals surface area contributed by atoms with Crippen LogP contribution in [-0.2, 0) is 0 Å². The summed E-state index contributed by atoms with van der Waals surface area (Å²) in [4.78, 5) is 3.83. The molecule has 1 atom stereocenters. The van der Waals surface area contributed by atoms with Crippen LogP contribution in [0.2, 0.25) is 0 Å². The van der Waals surface area contributed by atoms with Crippen molar-refractivity contribution in [2.24, 2.45) is 22.7 Å². The standard InChI is InChI=1S/C12H23F3N4O/c1-18-5-3-9(4-6-18)7-19(2)8-10(11(16)17-20)12(13,14)15/h9-10,20H,3-8H2,1-2H3,(H2,16,17). The molecule has 0 aromatic rings. The fourth-order valence-corrected chi connectivity index (χ4v) is 2.51. The molecule has 118 valence electrons. The van der Waals surface area contributed by atoms with Crippen molar-refractivity contribution in [3.63, 3.8) is 0 Å². The van der Waals surface area contributed by atoms with Gasteiger partial charge in [0.05, 0.1) is 0 Å². The Morgan fingerprint density at radius 3 is 2.45 bits per heavy atom. The van der Waals surface area contributed by atoms with Gasteiger partial charge in [-0.3, -0.25) is 0 Å². The number of nitrogens with zero attached hydrogens (tertiary/aromatic N) is 3. The highest BCUT2D eigenvalue weighted by Crippen LogP contribution is 2.27. The van der Waals surface area contributed by atoms with Gasteiger partial charge in [0, 0.05) is 13.1 Å². The Morgan fingerprint density at radius 1 is 1.45 bits per heavy atom. The van der Waals surface area contributed by atoms with Crippen molar-refractivity contribution in [3.05, 3.63) is 0 Å². The molecule has 1 aliphatic heterocycles. The van der Waals surface area contributed by atoms with Crippen molar-refractivity contribution in [2.75, 3.05) is 40.3 Å². The summed E-state index contributed by atoms with van der Waals surface area (Å²) in [5, 5.41) is 11.0. The van der Waals surface area contributed by atoms with E-state index in [0.29, 0.717) is 12.5 Å². The van der Waals surface area contributed by atoms with Gasteiger partial charge in [0.1, 0.15) is 5.92 Å². The van der Waals surface area contributed by atoms with E-state index in [-0.39, 0.29) is 6.54 Å². The zero-order chi connectivity index (χ0) is 15.3. The van der Waals surface area contributed by atoms with Crippen molar-refractivity contribution in [3.8, 4) is 0 Å². The van der Waals surface area contributed by atoms with Crippen LogP contribution in [0, 0.1) is 11.8 Å². The third-order valence-electron chi connectivity index (χ3n) is 3.77. The Kier molecular flexibility index (Phi) is 6.07. The largest absolute Gasteiger partial charge is 0.409 e. The van der Waals surface area contributed by atoms with Crippen LogP contribution in [-0.4, -0.2) is 67.3 Å². The summed E-state index contributed by atoms with van der Waals surface area (Å²) in [5.41, 5.74) is 5.15. The van der Waals surface area contributed by atoms with Crippen LogP contribution in [0.5, 0.6) is 0 Å². The molecule has 3 N–H and O–H groups in total. The Bertz CT molecular complexity index is 327. The van der Waals surface area contributed by atoms with E-state index in [9.17, 15) is 13.2 Å². The van der Waals surface area contributed by atoms with E-state index in [1.807, 2.05) is 7.05 Å². The molecule has 1 heterocycles. The van der Waals surface area contributed by atoms with E-state index in [1.165, 1.54) is 0 Å². The van der Waals surface area contributed by atoms with Crippen LogP contribution in [0.1, 0.15) is 12.8 Å². The summed E-state index contributed by atoms with van der Waals surface area (Å²) in [7, 11) is 3.68. The third-order valence-corrected chi connectivity index (χ3v) is 3.77. The first-order chi connectivity index (χ1) is 9.24. The molecule has 5 nitrogen and oxygen atoms in total. The van der Waals surface area contributed by atoms with Crippen molar-refractivity contribution in [1.29, 1.82) is 0 Å². The molecule has 0 aromatic carbocycles. The quantitative estimate of drug-likeness (QED) is 0.346. The van der Waals surface area contributed by atoms with Gasteiger partial charge in [0.15, 0.2) is 5.84 Å². The number of rotatable bonds is 5. The highest BCUT2D eigenvalue weighted by atomic mass is 19.4. The van der Waals surface area contributed by atoms with E-state index in [0.717, 1.165) is 25.9 Å². The molecule has 1 aliphatic rings. The number of oxime groups is 1. The maximum absolute atomic E-state index is 12.8. The number of hydrogen-bond acceptors (Lipinski definition) is 4. The first-order valence-corrected chi connectivity index (χ1v) is 6.65. The Morgan fingerprint density at radius 2 is 2.00 bits per heavy atom. The summed E-state index contributed by atoms with van der Waals surface area (Å²) in [6.45, 7) is 2.26. The molecule has 1 saturated heterocycles. The number of halogens is 3. The molecule has 0 bridgehead atoms. The van der Waals surface area contributed by atoms with Gasteiger partial charge in [-0.05, 0) is 45.9 Å². The second kappa shape index (κ2) is 7.12. The zero-order valence-electron chi connectivity index (χ0n) is 11.9. The van der Waals surface area contributed by atoms with Crippen LogP contribution in [0.25, 0.3) is 0 Å². The molecule has 0 aromatic heterocycles. The van der Waals surface area contributed by atoms with E-state index >= 15 is 0 Å². The minimum absolute atomic E-state index is 0.286. The van der Waals surface area contributed by atoms with Crippen molar-refractivity contribution in [1.82, 2.24) is 9.80 Å². The van der Waals surface area contributed by atoms with E-state index in [1.54, 1.807) is 11.9 Å². The summed E-state index contributed by atoms with van der Waals surface area (Å²) < 4.78 is 38.5. The third kappa shape index (κ3) is 5.16. The monoisotopic (exact) mass is 296 g/mol. The maximum atomic E-state index is 12.8. The molecule has 20 heavy (non-hydrogen) atoms. The van der Waals surface area contributed by atoms with E-state index < -0.39 is 17.9 Å². The lowest BCUT2D eigenvalue weighted by atomic mass is 9.96. The fourth-order valence-electron chi connectivity index (χ4n) is 2.51. The van der Waals surface area contributed by atoms with Gasteiger partial charge in [-0.2, -0.15) is 13.2 Å². The molecule has 0 amide bonds. The highest BCUT2D eigenvalue weighted by Gasteiger charge is 2.43. The lowest BCUT2D eigenvalue weighted by Gasteiger charge is -2.33. The molecule has 0 spiro atoms. The molecule has 1 unspecified atom stereocenters. The molecule has 0 saturated carbocycles. The van der Waals surface area contributed by atoms with Crippen molar-refractivity contribution >= 4 is 5.84 Å². The number of likely N-dealkylation sites (tertiary alicyclic amines) is 1. The topological polar surface area (TPSA) is 65.1 Å². The molecular formula is C12H23F3N4O. The Balaban J connectivity index is 2.52. The Labute approximate surface area is 117 Å². The maximum Gasteiger partial charge on any atom is 0.400 e. The normalized spacial score (nSPS) is 21.4. The molecule has 1 fully saturated rings. The van der Waals surface area contributed by atoms with Gasteiger partial charge in [-0.15, -0.1) is 0 Å².